The fraction of sp³-hybridized carbons (Fsp3) is 0.227. The van der Waals surface area contributed by atoms with Crippen molar-refractivity contribution in [3.63, 3.8) is 0 Å². The fourth-order valence-electron chi connectivity index (χ4n) is 3.38. The van der Waals surface area contributed by atoms with E-state index in [1.54, 1.807) is 35.0 Å². The Morgan fingerprint density at radius 2 is 1.86 bits per heavy atom. The number of benzene rings is 2. The van der Waals surface area contributed by atoms with E-state index in [0.717, 1.165) is 18.4 Å². The molecule has 7 heteroatoms. The highest BCUT2D eigenvalue weighted by Gasteiger charge is 2.25. The summed E-state index contributed by atoms with van der Waals surface area (Å²) in [7, 11) is 0. The molecule has 1 atom stereocenters. The summed E-state index contributed by atoms with van der Waals surface area (Å²) in [6.45, 7) is 0.645. The van der Waals surface area contributed by atoms with Crippen LogP contribution in [0.5, 0.6) is 0 Å². The standard InChI is InChI=1S/C22H21ClN4O2/c23-16-9-11-17(12-10-16)27-20(14-19(26-27)15-6-2-1-3-7-15)22(29)25-18-8-4-5-13-24-21(18)28/h1-3,6-7,9-12,14,18H,4-5,8,13H2,(H,24,28)(H,25,29). The van der Waals surface area contributed by atoms with E-state index in [4.69, 9.17) is 11.6 Å². The number of carbonyl (C=O) groups excluding carboxylic acids is 2. The molecule has 0 aliphatic carbocycles. The summed E-state index contributed by atoms with van der Waals surface area (Å²) in [5, 5.41) is 11.0. The van der Waals surface area contributed by atoms with Crippen LogP contribution >= 0.6 is 11.6 Å². The molecule has 1 fully saturated rings. The van der Waals surface area contributed by atoms with Crippen molar-refractivity contribution in [1.82, 2.24) is 20.4 Å². The zero-order chi connectivity index (χ0) is 20.2. The van der Waals surface area contributed by atoms with Crippen molar-refractivity contribution < 1.29 is 9.59 Å². The zero-order valence-electron chi connectivity index (χ0n) is 15.8. The second-order valence-corrected chi connectivity index (χ2v) is 7.42. The lowest BCUT2D eigenvalue weighted by Crippen LogP contribution is -2.45. The van der Waals surface area contributed by atoms with Gasteiger partial charge in [0.1, 0.15) is 11.7 Å². The average Bonchev–Trinajstić information content (AvgIpc) is 3.09. The van der Waals surface area contributed by atoms with Gasteiger partial charge in [0.05, 0.1) is 11.4 Å². The Bertz CT molecular complexity index is 1020. The molecule has 1 saturated heterocycles. The third-order valence-electron chi connectivity index (χ3n) is 4.92. The molecule has 0 spiro atoms. The highest BCUT2D eigenvalue weighted by molar-refractivity contribution is 6.30. The van der Waals surface area contributed by atoms with Gasteiger partial charge in [0.25, 0.3) is 5.91 Å². The first-order chi connectivity index (χ1) is 14.1. The van der Waals surface area contributed by atoms with Gasteiger partial charge >= 0.3 is 0 Å². The van der Waals surface area contributed by atoms with Crippen molar-refractivity contribution in [2.75, 3.05) is 6.54 Å². The van der Waals surface area contributed by atoms with Crippen molar-refractivity contribution in [1.29, 1.82) is 0 Å². The van der Waals surface area contributed by atoms with E-state index in [2.05, 4.69) is 15.7 Å². The average molecular weight is 409 g/mol. The predicted octanol–water partition coefficient (Wildman–Crippen LogP) is 3.59. The molecule has 1 unspecified atom stereocenters. The SMILES string of the molecule is O=C(NC1CCCCNC1=O)c1cc(-c2ccccc2)nn1-c1ccc(Cl)cc1. The van der Waals surface area contributed by atoms with E-state index in [0.29, 0.717) is 35.1 Å². The molecule has 148 valence electrons. The molecule has 1 aromatic heterocycles. The number of aromatic nitrogens is 2. The molecule has 0 saturated carbocycles. The van der Waals surface area contributed by atoms with Gasteiger partial charge in [0.2, 0.25) is 5.91 Å². The van der Waals surface area contributed by atoms with Gasteiger partial charge in [-0.05, 0) is 49.6 Å². The lowest BCUT2D eigenvalue weighted by Gasteiger charge is -2.15. The molecule has 6 nitrogen and oxygen atoms in total. The molecule has 2 amide bonds. The molecular formula is C22H21ClN4O2. The second kappa shape index (κ2) is 8.49. The summed E-state index contributed by atoms with van der Waals surface area (Å²) in [5.41, 5.74) is 2.66. The van der Waals surface area contributed by atoms with Gasteiger partial charge in [0.15, 0.2) is 0 Å². The number of hydrogen-bond donors (Lipinski definition) is 2. The van der Waals surface area contributed by atoms with Crippen LogP contribution in [-0.2, 0) is 4.79 Å². The monoisotopic (exact) mass is 408 g/mol. The third kappa shape index (κ3) is 4.32. The molecule has 1 aliphatic heterocycles. The quantitative estimate of drug-likeness (QED) is 0.692. The van der Waals surface area contributed by atoms with Crippen molar-refractivity contribution in [3.05, 3.63) is 71.4 Å². The summed E-state index contributed by atoms with van der Waals surface area (Å²) < 4.78 is 1.59. The zero-order valence-corrected chi connectivity index (χ0v) is 16.5. The number of carbonyl (C=O) groups is 2. The smallest absolute Gasteiger partial charge is 0.270 e. The Kier molecular flexibility index (Phi) is 5.62. The molecule has 0 bridgehead atoms. The van der Waals surface area contributed by atoms with Crippen LogP contribution in [-0.4, -0.2) is 34.2 Å². The van der Waals surface area contributed by atoms with E-state index in [1.807, 2.05) is 30.3 Å². The van der Waals surface area contributed by atoms with Gasteiger partial charge in [-0.3, -0.25) is 9.59 Å². The maximum atomic E-state index is 13.1. The molecule has 1 aliphatic rings. The Morgan fingerprint density at radius 1 is 1.10 bits per heavy atom. The predicted molar refractivity (Wildman–Crippen MR) is 112 cm³/mol. The molecular weight excluding hydrogens is 388 g/mol. The van der Waals surface area contributed by atoms with Crippen LogP contribution in [0.1, 0.15) is 29.8 Å². The minimum absolute atomic E-state index is 0.142. The molecule has 2 heterocycles. The van der Waals surface area contributed by atoms with Crippen LogP contribution < -0.4 is 10.6 Å². The lowest BCUT2D eigenvalue weighted by molar-refractivity contribution is -0.122. The van der Waals surface area contributed by atoms with E-state index >= 15 is 0 Å². The number of nitrogens with one attached hydrogen (secondary N) is 2. The Hall–Kier alpha value is -3.12. The van der Waals surface area contributed by atoms with Gasteiger partial charge in [0, 0.05) is 17.1 Å². The van der Waals surface area contributed by atoms with Crippen LogP contribution in [0.25, 0.3) is 16.9 Å². The summed E-state index contributed by atoms with van der Waals surface area (Å²) >= 11 is 6.01. The van der Waals surface area contributed by atoms with E-state index in [-0.39, 0.29) is 11.8 Å². The molecule has 2 N–H and O–H groups in total. The van der Waals surface area contributed by atoms with Crippen molar-refractivity contribution in [3.8, 4) is 16.9 Å². The Morgan fingerprint density at radius 3 is 2.62 bits per heavy atom. The van der Waals surface area contributed by atoms with Gasteiger partial charge in [-0.25, -0.2) is 4.68 Å². The van der Waals surface area contributed by atoms with Gasteiger partial charge in [-0.1, -0.05) is 41.9 Å². The van der Waals surface area contributed by atoms with Gasteiger partial charge < -0.3 is 10.6 Å². The molecule has 3 aromatic rings. The topological polar surface area (TPSA) is 76.0 Å². The van der Waals surface area contributed by atoms with Crippen LogP contribution in [0.2, 0.25) is 5.02 Å². The highest BCUT2D eigenvalue weighted by atomic mass is 35.5. The van der Waals surface area contributed by atoms with Crippen LogP contribution in [0.4, 0.5) is 0 Å². The number of hydrogen-bond acceptors (Lipinski definition) is 3. The van der Waals surface area contributed by atoms with Crippen molar-refractivity contribution >= 4 is 23.4 Å². The Balaban J connectivity index is 1.70. The summed E-state index contributed by atoms with van der Waals surface area (Å²) in [6, 6.07) is 18.0. The van der Waals surface area contributed by atoms with E-state index in [9.17, 15) is 9.59 Å². The van der Waals surface area contributed by atoms with E-state index in [1.165, 1.54) is 0 Å². The minimum atomic E-state index is -0.543. The number of amides is 2. The Labute approximate surface area is 173 Å². The first-order valence-corrected chi connectivity index (χ1v) is 9.99. The highest BCUT2D eigenvalue weighted by Crippen LogP contribution is 2.23. The maximum Gasteiger partial charge on any atom is 0.270 e. The molecule has 4 rings (SSSR count). The third-order valence-corrected chi connectivity index (χ3v) is 5.18. The van der Waals surface area contributed by atoms with Crippen LogP contribution in [0.15, 0.2) is 60.7 Å². The van der Waals surface area contributed by atoms with Gasteiger partial charge in [-0.2, -0.15) is 5.10 Å². The minimum Gasteiger partial charge on any atom is -0.354 e. The normalized spacial score (nSPS) is 16.7. The van der Waals surface area contributed by atoms with Crippen molar-refractivity contribution in [2.24, 2.45) is 0 Å². The largest absolute Gasteiger partial charge is 0.354 e. The van der Waals surface area contributed by atoms with Crippen LogP contribution in [0.3, 0.4) is 0 Å². The lowest BCUT2D eigenvalue weighted by atomic mass is 10.1. The summed E-state index contributed by atoms with van der Waals surface area (Å²) in [4.78, 5) is 25.3. The maximum absolute atomic E-state index is 13.1. The fourth-order valence-corrected chi connectivity index (χ4v) is 3.51. The van der Waals surface area contributed by atoms with E-state index < -0.39 is 6.04 Å². The summed E-state index contributed by atoms with van der Waals surface area (Å²) in [6.07, 6.45) is 2.42. The first kappa shape index (κ1) is 19.2. The number of rotatable bonds is 4. The second-order valence-electron chi connectivity index (χ2n) is 6.98. The van der Waals surface area contributed by atoms with Gasteiger partial charge in [-0.15, -0.1) is 0 Å². The summed E-state index contributed by atoms with van der Waals surface area (Å²) in [5.74, 6) is -0.478. The molecule has 2 aromatic carbocycles. The number of nitrogens with zero attached hydrogens (tertiary/aromatic N) is 2. The number of halogens is 1. The van der Waals surface area contributed by atoms with Crippen molar-refractivity contribution in [2.45, 2.75) is 25.3 Å². The first-order valence-electron chi connectivity index (χ1n) is 9.62. The van der Waals surface area contributed by atoms with Crippen LogP contribution in [0, 0.1) is 0 Å². The molecule has 29 heavy (non-hydrogen) atoms. The molecule has 0 radical (unpaired) electrons.